The molecule has 1 amide bonds. The van der Waals surface area contributed by atoms with Crippen molar-refractivity contribution in [3.8, 4) is 0 Å². The Hall–Kier alpha value is -1.45. The van der Waals surface area contributed by atoms with Crippen molar-refractivity contribution >= 4 is 53.1 Å². The van der Waals surface area contributed by atoms with Crippen molar-refractivity contribution in [1.29, 1.82) is 0 Å². The molecule has 0 aliphatic carbocycles. The van der Waals surface area contributed by atoms with Crippen LogP contribution < -0.4 is 10.2 Å². The highest BCUT2D eigenvalue weighted by atomic mass is 32.2. The van der Waals surface area contributed by atoms with Crippen LogP contribution in [0.15, 0.2) is 17.6 Å². The Balaban J connectivity index is 1.76. The van der Waals surface area contributed by atoms with E-state index in [2.05, 4.69) is 10.3 Å². The summed E-state index contributed by atoms with van der Waals surface area (Å²) in [4.78, 5) is 19.9. The van der Waals surface area contributed by atoms with Gasteiger partial charge in [0.05, 0.1) is 21.4 Å². The average molecular weight is 343 g/mol. The van der Waals surface area contributed by atoms with Crippen molar-refractivity contribution in [2.75, 3.05) is 24.7 Å². The number of thiophene rings is 1. The number of nitrogens with one attached hydrogen (secondary N) is 1. The van der Waals surface area contributed by atoms with Gasteiger partial charge in [0.25, 0.3) is 5.91 Å². The van der Waals surface area contributed by atoms with E-state index in [-0.39, 0.29) is 11.7 Å². The highest BCUT2D eigenvalue weighted by Gasteiger charge is 2.24. The SMILES string of the molecule is CN(C)c1nc2sc(C(=O)NC3C=CS(=O)(=O)C3)cc2s1. The first-order valence-electron chi connectivity index (χ1n) is 6.13. The second kappa shape index (κ2) is 5.08. The van der Waals surface area contributed by atoms with E-state index in [1.165, 1.54) is 28.7 Å². The summed E-state index contributed by atoms with van der Waals surface area (Å²) in [6.45, 7) is 0. The molecule has 0 bridgehead atoms. The van der Waals surface area contributed by atoms with Crippen molar-refractivity contribution in [3.05, 3.63) is 22.4 Å². The summed E-state index contributed by atoms with van der Waals surface area (Å²) in [5.74, 6) is -0.329. The van der Waals surface area contributed by atoms with E-state index in [1.54, 1.807) is 6.07 Å². The molecule has 112 valence electrons. The molecule has 1 N–H and O–H groups in total. The Morgan fingerprint density at radius 3 is 2.76 bits per heavy atom. The molecule has 6 nitrogen and oxygen atoms in total. The van der Waals surface area contributed by atoms with Crippen LogP contribution in [0.25, 0.3) is 9.53 Å². The summed E-state index contributed by atoms with van der Waals surface area (Å²) in [5.41, 5.74) is 0. The topological polar surface area (TPSA) is 79.4 Å². The Bertz CT molecular complexity index is 801. The first-order chi connectivity index (χ1) is 9.84. The van der Waals surface area contributed by atoms with E-state index in [9.17, 15) is 13.2 Å². The van der Waals surface area contributed by atoms with Gasteiger partial charge in [0, 0.05) is 19.5 Å². The lowest BCUT2D eigenvalue weighted by molar-refractivity contribution is 0.0952. The number of carbonyl (C=O) groups is 1. The van der Waals surface area contributed by atoms with Gasteiger partial charge in [-0.1, -0.05) is 11.3 Å². The predicted octanol–water partition coefficient (Wildman–Crippen LogP) is 1.46. The summed E-state index contributed by atoms with van der Waals surface area (Å²) < 4.78 is 23.6. The first kappa shape index (κ1) is 14.5. The zero-order chi connectivity index (χ0) is 15.2. The molecule has 1 unspecified atom stereocenters. The van der Waals surface area contributed by atoms with E-state index in [0.717, 1.165) is 20.1 Å². The third-order valence-electron chi connectivity index (χ3n) is 2.93. The van der Waals surface area contributed by atoms with Crippen LogP contribution in [0.2, 0.25) is 0 Å². The number of hydrogen-bond acceptors (Lipinski definition) is 7. The molecule has 0 spiro atoms. The Labute approximate surface area is 130 Å². The lowest BCUT2D eigenvalue weighted by atomic mass is 10.3. The van der Waals surface area contributed by atoms with Crippen molar-refractivity contribution in [3.63, 3.8) is 0 Å². The zero-order valence-electron chi connectivity index (χ0n) is 11.4. The second-order valence-electron chi connectivity index (χ2n) is 4.91. The fourth-order valence-corrected chi connectivity index (χ4v) is 5.20. The van der Waals surface area contributed by atoms with Crippen LogP contribution in [-0.2, 0) is 9.84 Å². The lowest BCUT2D eigenvalue weighted by Gasteiger charge is -2.08. The molecule has 21 heavy (non-hydrogen) atoms. The van der Waals surface area contributed by atoms with Crippen LogP contribution in [-0.4, -0.2) is 45.2 Å². The van der Waals surface area contributed by atoms with Gasteiger partial charge in [-0.2, -0.15) is 0 Å². The smallest absolute Gasteiger partial charge is 0.261 e. The van der Waals surface area contributed by atoms with Gasteiger partial charge in [-0.05, 0) is 12.1 Å². The number of aromatic nitrogens is 1. The molecule has 0 saturated carbocycles. The van der Waals surface area contributed by atoms with Gasteiger partial charge in [0.15, 0.2) is 15.0 Å². The average Bonchev–Trinajstić information content (AvgIpc) is 3.00. The van der Waals surface area contributed by atoms with E-state index < -0.39 is 15.9 Å². The number of anilines is 1. The largest absolute Gasteiger partial charge is 0.354 e. The van der Waals surface area contributed by atoms with Gasteiger partial charge in [-0.15, -0.1) is 11.3 Å². The minimum absolute atomic E-state index is 0.0679. The maximum atomic E-state index is 12.1. The molecule has 1 aliphatic heterocycles. The number of hydrogen-bond donors (Lipinski definition) is 1. The first-order valence-corrected chi connectivity index (χ1v) is 9.48. The van der Waals surface area contributed by atoms with Crippen LogP contribution in [0.5, 0.6) is 0 Å². The molecule has 2 aromatic heterocycles. The lowest BCUT2D eigenvalue weighted by Crippen LogP contribution is -2.35. The van der Waals surface area contributed by atoms with Gasteiger partial charge < -0.3 is 10.2 Å². The van der Waals surface area contributed by atoms with Crippen molar-refractivity contribution in [1.82, 2.24) is 10.3 Å². The van der Waals surface area contributed by atoms with Gasteiger partial charge in [-0.25, -0.2) is 13.4 Å². The molecule has 1 atom stereocenters. The fourth-order valence-electron chi connectivity index (χ4n) is 1.93. The van der Waals surface area contributed by atoms with Gasteiger partial charge in [0.2, 0.25) is 0 Å². The predicted molar refractivity (Wildman–Crippen MR) is 86.0 cm³/mol. The summed E-state index contributed by atoms with van der Waals surface area (Å²) in [6.07, 6.45) is 1.51. The second-order valence-corrected chi connectivity index (χ2v) is 8.88. The third kappa shape index (κ3) is 2.94. The number of nitrogens with zero attached hydrogens (tertiary/aromatic N) is 2. The number of sulfone groups is 1. The van der Waals surface area contributed by atoms with Crippen LogP contribution >= 0.6 is 22.7 Å². The molecule has 9 heteroatoms. The summed E-state index contributed by atoms with van der Waals surface area (Å²) >= 11 is 2.84. The molecule has 2 aromatic rings. The molecule has 0 aromatic carbocycles. The van der Waals surface area contributed by atoms with Crippen LogP contribution in [0.3, 0.4) is 0 Å². The van der Waals surface area contributed by atoms with Crippen molar-refractivity contribution in [2.45, 2.75) is 6.04 Å². The fraction of sp³-hybridized carbons (Fsp3) is 0.333. The molecule has 3 rings (SSSR count). The highest BCUT2D eigenvalue weighted by molar-refractivity contribution is 7.94. The quantitative estimate of drug-likeness (QED) is 0.913. The standard InChI is InChI=1S/C12H13N3O3S3/c1-15(2)12-14-11-9(20-12)5-8(19-11)10(16)13-7-3-4-21(17,18)6-7/h3-5,7H,6H2,1-2H3,(H,13,16). The van der Waals surface area contributed by atoms with Gasteiger partial charge in [-0.3, -0.25) is 4.79 Å². The third-order valence-corrected chi connectivity index (χ3v) is 6.65. The molecular formula is C12H13N3O3S3. The molecule has 0 radical (unpaired) electrons. The number of fused-ring (bicyclic) bond motifs is 1. The minimum Gasteiger partial charge on any atom is -0.354 e. The van der Waals surface area contributed by atoms with Crippen molar-refractivity contribution in [2.24, 2.45) is 0 Å². The zero-order valence-corrected chi connectivity index (χ0v) is 13.8. The van der Waals surface area contributed by atoms with Crippen LogP contribution in [0, 0.1) is 0 Å². The van der Waals surface area contributed by atoms with E-state index in [0.29, 0.717) is 4.88 Å². The molecule has 0 fully saturated rings. The molecular weight excluding hydrogens is 330 g/mol. The maximum absolute atomic E-state index is 12.1. The Morgan fingerprint density at radius 1 is 1.43 bits per heavy atom. The monoisotopic (exact) mass is 343 g/mol. The number of thiazole rings is 1. The minimum atomic E-state index is -3.16. The molecule has 0 saturated heterocycles. The summed E-state index contributed by atoms with van der Waals surface area (Å²) in [7, 11) is 0.679. The van der Waals surface area contributed by atoms with E-state index in [1.807, 2.05) is 19.0 Å². The van der Waals surface area contributed by atoms with Crippen molar-refractivity contribution < 1.29 is 13.2 Å². The number of amides is 1. The summed E-state index contributed by atoms with van der Waals surface area (Å²) in [5, 5.41) is 4.76. The molecule has 3 heterocycles. The van der Waals surface area contributed by atoms with Gasteiger partial charge in [0.1, 0.15) is 4.83 Å². The highest BCUT2D eigenvalue weighted by Crippen LogP contribution is 2.33. The van der Waals surface area contributed by atoms with Crippen LogP contribution in [0.4, 0.5) is 5.13 Å². The van der Waals surface area contributed by atoms with Gasteiger partial charge >= 0.3 is 0 Å². The Morgan fingerprint density at radius 2 is 2.19 bits per heavy atom. The normalized spacial score (nSPS) is 20.0. The number of rotatable bonds is 3. The van der Waals surface area contributed by atoms with E-state index in [4.69, 9.17) is 0 Å². The van der Waals surface area contributed by atoms with E-state index >= 15 is 0 Å². The maximum Gasteiger partial charge on any atom is 0.261 e. The number of carbonyl (C=O) groups excluding carboxylic acids is 1. The molecule has 1 aliphatic rings. The Kier molecular flexibility index (Phi) is 3.50. The van der Waals surface area contributed by atoms with Crippen LogP contribution in [0.1, 0.15) is 9.67 Å². The summed E-state index contributed by atoms with van der Waals surface area (Å²) in [6, 6.07) is 1.35.